The molecule has 0 heterocycles. The van der Waals surface area contributed by atoms with Gasteiger partial charge in [0.2, 0.25) is 0 Å². The second kappa shape index (κ2) is 10.1. The molecule has 16 heavy (non-hydrogen) atoms. The molecule has 0 amide bonds. The van der Waals surface area contributed by atoms with Crippen LogP contribution in [0.5, 0.6) is 0 Å². The van der Waals surface area contributed by atoms with E-state index in [2.05, 4.69) is 44.8 Å². The second-order valence-corrected chi connectivity index (χ2v) is 4.77. The van der Waals surface area contributed by atoms with Gasteiger partial charge in [0.1, 0.15) is 0 Å². The zero-order valence-corrected chi connectivity index (χ0v) is 11.8. The summed E-state index contributed by atoms with van der Waals surface area (Å²) in [6.45, 7) is 17.0. The predicted octanol–water partition coefficient (Wildman–Crippen LogP) is 1.98. The highest BCUT2D eigenvalue weighted by Gasteiger charge is 2.04. The van der Waals surface area contributed by atoms with Crippen molar-refractivity contribution >= 4 is 0 Å². The molecule has 1 N–H and O–H groups in total. The van der Waals surface area contributed by atoms with Crippen molar-refractivity contribution in [1.29, 1.82) is 0 Å². The summed E-state index contributed by atoms with van der Waals surface area (Å²) in [4.78, 5) is 2.39. The Morgan fingerprint density at radius 1 is 1.12 bits per heavy atom. The van der Waals surface area contributed by atoms with Gasteiger partial charge in [-0.25, -0.2) is 0 Å². The van der Waals surface area contributed by atoms with Crippen LogP contribution in [0.2, 0.25) is 0 Å². The lowest BCUT2D eigenvalue weighted by atomic mass is 10.2. The first kappa shape index (κ1) is 15.9. The largest absolute Gasteiger partial charge is 0.380 e. The van der Waals surface area contributed by atoms with Crippen LogP contribution in [-0.4, -0.2) is 50.3 Å². The molecule has 0 saturated carbocycles. The first-order chi connectivity index (χ1) is 7.60. The zero-order valence-electron chi connectivity index (χ0n) is 11.8. The Morgan fingerprint density at radius 2 is 1.75 bits per heavy atom. The summed E-state index contributed by atoms with van der Waals surface area (Å²) < 4.78 is 5.68. The molecule has 3 heteroatoms. The molecule has 0 fully saturated rings. The van der Waals surface area contributed by atoms with E-state index in [4.69, 9.17) is 4.74 Å². The summed E-state index contributed by atoms with van der Waals surface area (Å²) in [7, 11) is 0. The van der Waals surface area contributed by atoms with Crippen molar-refractivity contribution in [3.8, 4) is 0 Å². The molecule has 0 aromatic heterocycles. The number of nitrogens with zero attached hydrogens (tertiary/aromatic N) is 1. The van der Waals surface area contributed by atoms with E-state index in [1.165, 1.54) is 0 Å². The molecule has 0 radical (unpaired) electrons. The SMILES string of the molecule is CCN(CC)CCOCC(C)CNC(C)C. The first-order valence-electron chi connectivity index (χ1n) is 6.63. The summed E-state index contributed by atoms with van der Waals surface area (Å²) in [6.07, 6.45) is 0. The molecule has 0 aliphatic heterocycles. The zero-order chi connectivity index (χ0) is 12.4. The standard InChI is InChI=1S/C13H30N2O/c1-6-15(7-2)8-9-16-11-13(5)10-14-12(3)4/h12-14H,6-11H2,1-5H3. The van der Waals surface area contributed by atoms with Gasteiger partial charge in [0.05, 0.1) is 13.2 Å². The molecule has 1 atom stereocenters. The second-order valence-electron chi connectivity index (χ2n) is 4.77. The molecule has 98 valence electrons. The average Bonchev–Trinajstić information content (AvgIpc) is 2.26. The topological polar surface area (TPSA) is 24.5 Å². The number of nitrogens with one attached hydrogen (secondary N) is 1. The minimum Gasteiger partial charge on any atom is -0.380 e. The number of likely N-dealkylation sites (N-methyl/N-ethyl adjacent to an activating group) is 1. The summed E-state index contributed by atoms with van der Waals surface area (Å²) in [5.74, 6) is 0.596. The van der Waals surface area contributed by atoms with Gasteiger partial charge in [-0.1, -0.05) is 34.6 Å². The normalized spacial score (nSPS) is 13.7. The van der Waals surface area contributed by atoms with Crippen molar-refractivity contribution in [2.45, 2.75) is 40.7 Å². The lowest BCUT2D eigenvalue weighted by Crippen LogP contribution is -2.31. The van der Waals surface area contributed by atoms with Gasteiger partial charge < -0.3 is 15.0 Å². The van der Waals surface area contributed by atoms with Crippen LogP contribution in [0.4, 0.5) is 0 Å². The van der Waals surface area contributed by atoms with Crippen LogP contribution in [0.3, 0.4) is 0 Å². The van der Waals surface area contributed by atoms with Gasteiger partial charge in [-0.05, 0) is 19.0 Å². The maximum Gasteiger partial charge on any atom is 0.0593 e. The van der Waals surface area contributed by atoms with Crippen molar-refractivity contribution in [2.75, 3.05) is 39.4 Å². The predicted molar refractivity (Wildman–Crippen MR) is 70.9 cm³/mol. The van der Waals surface area contributed by atoms with E-state index >= 15 is 0 Å². The fraction of sp³-hybridized carbons (Fsp3) is 1.00. The van der Waals surface area contributed by atoms with Crippen LogP contribution < -0.4 is 5.32 Å². The van der Waals surface area contributed by atoms with Gasteiger partial charge in [0, 0.05) is 19.1 Å². The third-order valence-corrected chi connectivity index (χ3v) is 2.72. The Bertz CT molecular complexity index is 147. The highest BCUT2D eigenvalue weighted by Crippen LogP contribution is 1.95. The molecule has 0 aromatic rings. The summed E-state index contributed by atoms with van der Waals surface area (Å²) in [5, 5.41) is 3.43. The molecule has 1 unspecified atom stereocenters. The van der Waals surface area contributed by atoms with Crippen molar-refractivity contribution in [1.82, 2.24) is 10.2 Å². The summed E-state index contributed by atoms with van der Waals surface area (Å²) in [5.41, 5.74) is 0. The van der Waals surface area contributed by atoms with Crippen molar-refractivity contribution in [3.05, 3.63) is 0 Å². The third kappa shape index (κ3) is 9.13. The van der Waals surface area contributed by atoms with E-state index in [1.54, 1.807) is 0 Å². The molecular formula is C13H30N2O. The molecule has 0 bridgehead atoms. The summed E-state index contributed by atoms with van der Waals surface area (Å²) in [6, 6.07) is 0.568. The van der Waals surface area contributed by atoms with E-state index in [0.717, 1.165) is 39.4 Å². The lowest BCUT2D eigenvalue weighted by Gasteiger charge is -2.19. The van der Waals surface area contributed by atoms with Crippen LogP contribution in [0.25, 0.3) is 0 Å². The van der Waals surface area contributed by atoms with Crippen molar-refractivity contribution < 1.29 is 4.74 Å². The van der Waals surface area contributed by atoms with Crippen molar-refractivity contribution in [2.24, 2.45) is 5.92 Å². The average molecular weight is 230 g/mol. The Kier molecular flexibility index (Phi) is 9.99. The molecule has 0 aliphatic rings. The maximum absolute atomic E-state index is 5.68. The maximum atomic E-state index is 5.68. The fourth-order valence-corrected chi connectivity index (χ4v) is 1.51. The molecule has 0 rings (SSSR count). The highest BCUT2D eigenvalue weighted by molar-refractivity contribution is 4.59. The number of hydrogen-bond acceptors (Lipinski definition) is 3. The van der Waals surface area contributed by atoms with Gasteiger partial charge in [0.15, 0.2) is 0 Å². The minimum atomic E-state index is 0.568. The van der Waals surface area contributed by atoms with Crippen LogP contribution in [0, 0.1) is 5.92 Å². The van der Waals surface area contributed by atoms with E-state index < -0.39 is 0 Å². The van der Waals surface area contributed by atoms with E-state index in [9.17, 15) is 0 Å². The van der Waals surface area contributed by atoms with Crippen LogP contribution >= 0.6 is 0 Å². The molecule has 3 nitrogen and oxygen atoms in total. The van der Waals surface area contributed by atoms with Gasteiger partial charge in [-0.2, -0.15) is 0 Å². The Labute approximate surface area is 102 Å². The number of hydrogen-bond donors (Lipinski definition) is 1. The van der Waals surface area contributed by atoms with Gasteiger partial charge >= 0.3 is 0 Å². The lowest BCUT2D eigenvalue weighted by molar-refractivity contribution is 0.0833. The number of rotatable bonds is 10. The Hall–Kier alpha value is -0.120. The third-order valence-electron chi connectivity index (χ3n) is 2.72. The molecule has 0 aliphatic carbocycles. The van der Waals surface area contributed by atoms with Gasteiger partial charge in [-0.15, -0.1) is 0 Å². The molecular weight excluding hydrogens is 200 g/mol. The van der Waals surface area contributed by atoms with Gasteiger partial charge in [0.25, 0.3) is 0 Å². The Morgan fingerprint density at radius 3 is 2.25 bits per heavy atom. The highest BCUT2D eigenvalue weighted by atomic mass is 16.5. The molecule has 0 aromatic carbocycles. The summed E-state index contributed by atoms with van der Waals surface area (Å²) >= 11 is 0. The molecule has 0 saturated heterocycles. The number of ether oxygens (including phenoxy) is 1. The minimum absolute atomic E-state index is 0.568. The van der Waals surface area contributed by atoms with Crippen LogP contribution in [-0.2, 0) is 4.74 Å². The fourth-order valence-electron chi connectivity index (χ4n) is 1.51. The molecule has 0 spiro atoms. The smallest absolute Gasteiger partial charge is 0.0593 e. The first-order valence-corrected chi connectivity index (χ1v) is 6.63. The van der Waals surface area contributed by atoms with Crippen LogP contribution in [0.15, 0.2) is 0 Å². The van der Waals surface area contributed by atoms with E-state index in [1.807, 2.05) is 0 Å². The quantitative estimate of drug-likeness (QED) is 0.581. The monoisotopic (exact) mass is 230 g/mol. The van der Waals surface area contributed by atoms with Gasteiger partial charge in [-0.3, -0.25) is 0 Å². The Balaban J connectivity index is 3.36. The van der Waals surface area contributed by atoms with Crippen LogP contribution in [0.1, 0.15) is 34.6 Å². The van der Waals surface area contributed by atoms with E-state index in [-0.39, 0.29) is 0 Å². The van der Waals surface area contributed by atoms with Crippen molar-refractivity contribution in [3.63, 3.8) is 0 Å². The van der Waals surface area contributed by atoms with E-state index in [0.29, 0.717) is 12.0 Å².